The first-order valence-electron chi connectivity index (χ1n) is 8.24. The third-order valence-electron chi connectivity index (χ3n) is 4.01. The molecule has 0 radical (unpaired) electrons. The third-order valence-corrected chi connectivity index (χ3v) is 4.49. The number of hydrogen-bond acceptors (Lipinski definition) is 3. The Morgan fingerprint density at radius 1 is 1.00 bits per heavy atom. The number of ether oxygens (including phenoxy) is 1. The lowest BCUT2D eigenvalue weighted by Crippen LogP contribution is -2.40. The first-order chi connectivity index (χ1) is 11.8. The lowest BCUT2D eigenvalue weighted by Gasteiger charge is -2.30. The van der Waals surface area contributed by atoms with Crippen LogP contribution in [0.15, 0.2) is 66.9 Å². The van der Waals surface area contributed by atoms with Gasteiger partial charge in [-0.2, -0.15) is 0 Å². The molecule has 3 nitrogen and oxygen atoms in total. The number of nitrogens with zero attached hydrogens (tertiary/aromatic N) is 1. The summed E-state index contributed by atoms with van der Waals surface area (Å²) in [5.74, 6) is 0. The van der Waals surface area contributed by atoms with Gasteiger partial charge < -0.3 is 15.0 Å². The van der Waals surface area contributed by atoms with Gasteiger partial charge in [-0.3, -0.25) is 0 Å². The number of nitrogens with one attached hydrogen (secondary N) is 1. The molecule has 0 spiro atoms. The van der Waals surface area contributed by atoms with Gasteiger partial charge in [0, 0.05) is 31.4 Å². The van der Waals surface area contributed by atoms with Crippen LogP contribution in [0, 0.1) is 0 Å². The smallest absolute Gasteiger partial charge is 0.111 e. The molecule has 3 rings (SSSR count). The summed E-state index contributed by atoms with van der Waals surface area (Å²) >= 11 is 5.77. The van der Waals surface area contributed by atoms with Gasteiger partial charge in [0.1, 0.15) is 4.99 Å². The van der Waals surface area contributed by atoms with Crippen molar-refractivity contribution in [1.82, 2.24) is 10.2 Å². The lowest BCUT2D eigenvalue weighted by molar-refractivity contribution is 0.0696. The largest absolute Gasteiger partial charge is 0.386 e. The van der Waals surface area contributed by atoms with Crippen molar-refractivity contribution in [3.63, 3.8) is 0 Å². The normalized spacial score (nSPS) is 15.2. The summed E-state index contributed by atoms with van der Waals surface area (Å²) < 4.78 is 5.44. The van der Waals surface area contributed by atoms with Gasteiger partial charge in [-0.25, -0.2) is 0 Å². The molecule has 0 aliphatic carbocycles. The van der Waals surface area contributed by atoms with Gasteiger partial charge in [0.15, 0.2) is 0 Å². The van der Waals surface area contributed by atoms with Crippen LogP contribution in [0.3, 0.4) is 0 Å². The molecule has 0 unspecified atom stereocenters. The summed E-state index contributed by atoms with van der Waals surface area (Å²) in [5, 5.41) is 3.41. The molecule has 2 aromatic rings. The molecule has 1 N–H and O–H groups in total. The predicted octanol–water partition coefficient (Wildman–Crippen LogP) is 3.48. The Labute approximate surface area is 148 Å². The van der Waals surface area contributed by atoms with Gasteiger partial charge in [-0.1, -0.05) is 72.9 Å². The molecule has 24 heavy (non-hydrogen) atoms. The number of hydrogen-bond donors (Lipinski definition) is 1. The summed E-state index contributed by atoms with van der Waals surface area (Å²) in [7, 11) is 0. The number of rotatable bonds is 5. The van der Waals surface area contributed by atoms with Crippen molar-refractivity contribution < 1.29 is 4.74 Å². The van der Waals surface area contributed by atoms with E-state index in [9.17, 15) is 0 Å². The van der Waals surface area contributed by atoms with Gasteiger partial charge >= 0.3 is 0 Å². The van der Waals surface area contributed by atoms with E-state index >= 15 is 0 Å². The molecule has 4 heteroatoms. The monoisotopic (exact) mass is 338 g/mol. The zero-order valence-electron chi connectivity index (χ0n) is 13.7. The highest BCUT2D eigenvalue weighted by Gasteiger charge is 2.18. The first-order valence-corrected chi connectivity index (χ1v) is 8.65. The fraction of sp³-hybridized carbons (Fsp3) is 0.250. The van der Waals surface area contributed by atoms with E-state index < -0.39 is 0 Å². The Bertz CT molecular complexity index is 679. The highest BCUT2D eigenvalue weighted by Crippen LogP contribution is 2.19. The van der Waals surface area contributed by atoms with Gasteiger partial charge in [0.2, 0.25) is 0 Å². The molecule has 0 saturated carbocycles. The zero-order chi connectivity index (χ0) is 16.6. The standard InChI is InChI=1S/C20H22N2OS/c24-20(22-11-13-23-14-12-22)19(18-9-5-2-6-10-18)16-21-15-17-7-3-1-4-8-17/h1-10,16,21H,11-15H2. The van der Waals surface area contributed by atoms with Crippen molar-refractivity contribution in [2.75, 3.05) is 26.3 Å². The van der Waals surface area contributed by atoms with E-state index in [-0.39, 0.29) is 0 Å². The maximum atomic E-state index is 5.77. The van der Waals surface area contributed by atoms with Crippen LogP contribution in [0.5, 0.6) is 0 Å². The van der Waals surface area contributed by atoms with Crippen molar-refractivity contribution in [3.8, 4) is 0 Å². The van der Waals surface area contributed by atoms with Crippen LogP contribution in [0.1, 0.15) is 11.1 Å². The highest BCUT2D eigenvalue weighted by atomic mass is 32.1. The Morgan fingerprint density at radius 2 is 1.62 bits per heavy atom. The third kappa shape index (κ3) is 4.43. The first kappa shape index (κ1) is 16.7. The average molecular weight is 338 g/mol. The van der Waals surface area contributed by atoms with E-state index in [2.05, 4.69) is 46.6 Å². The topological polar surface area (TPSA) is 24.5 Å². The van der Waals surface area contributed by atoms with E-state index in [1.54, 1.807) is 0 Å². The van der Waals surface area contributed by atoms with Crippen molar-refractivity contribution in [2.45, 2.75) is 6.54 Å². The quantitative estimate of drug-likeness (QED) is 0.666. The Kier molecular flexibility index (Phi) is 5.99. The molecule has 0 aromatic heterocycles. The van der Waals surface area contributed by atoms with E-state index in [4.69, 9.17) is 17.0 Å². The Morgan fingerprint density at radius 3 is 2.29 bits per heavy atom. The van der Waals surface area contributed by atoms with Crippen molar-refractivity contribution >= 4 is 22.8 Å². The van der Waals surface area contributed by atoms with Crippen LogP contribution >= 0.6 is 12.2 Å². The number of morpholine rings is 1. The van der Waals surface area contributed by atoms with Crippen molar-refractivity contribution in [1.29, 1.82) is 0 Å². The van der Waals surface area contributed by atoms with Crippen molar-refractivity contribution in [3.05, 3.63) is 78.0 Å². The number of benzene rings is 2. The maximum Gasteiger partial charge on any atom is 0.111 e. The van der Waals surface area contributed by atoms with Crippen LogP contribution in [-0.4, -0.2) is 36.2 Å². The van der Waals surface area contributed by atoms with Crippen LogP contribution < -0.4 is 5.32 Å². The summed E-state index contributed by atoms with van der Waals surface area (Å²) in [5.41, 5.74) is 3.44. The molecule has 0 bridgehead atoms. The minimum absolute atomic E-state index is 0.736. The van der Waals surface area contributed by atoms with Crippen LogP contribution in [0.25, 0.3) is 5.57 Å². The molecule has 1 saturated heterocycles. The van der Waals surface area contributed by atoms with Crippen LogP contribution in [-0.2, 0) is 11.3 Å². The van der Waals surface area contributed by atoms with Gasteiger partial charge in [0.25, 0.3) is 0 Å². The Balaban J connectivity index is 1.76. The van der Waals surface area contributed by atoms with Crippen LogP contribution in [0.2, 0.25) is 0 Å². The maximum absolute atomic E-state index is 5.77. The molecular formula is C20H22N2OS. The molecule has 1 heterocycles. The summed E-state index contributed by atoms with van der Waals surface area (Å²) in [6.45, 7) is 3.95. The second-order valence-corrected chi connectivity index (χ2v) is 6.08. The van der Waals surface area contributed by atoms with E-state index in [0.717, 1.165) is 49.0 Å². The van der Waals surface area contributed by atoms with E-state index in [1.807, 2.05) is 30.5 Å². The predicted molar refractivity (Wildman–Crippen MR) is 103 cm³/mol. The molecule has 1 aliphatic heterocycles. The van der Waals surface area contributed by atoms with Gasteiger partial charge in [0.05, 0.1) is 13.2 Å². The summed E-state index contributed by atoms with van der Waals surface area (Å²) in [6, 6.07) is 20.7. The van der Waals surface area contributed by atoms with Gasteiger partial charge in [-0.15, -0.1) is 0 Å². The minimum atomic E-state index is 0.736. The fourth-order valence-corrected chi connectivity index (χ4v) is 3.05. The minimum Gasteiger partial charge on any atom is -0.386 e. The zero-order valence-corrected chi connectivity index (χ0v) is 14.5. The lowest BCUT2D eigenvalue weighted by atomic mass is 10.1. The molecule has 1 fully saturated rings. The van der Waals surface area contributed by atoms with Gasteiger partial charge in [-0.05, 0) is 11.1 Å². The molecule has 1 aliphatic rings. The van der Waals surface area contributed by atoms with E-state index in [1.165, 1.54) is 5.56 Å². The summed E-state index contributed by atoms with van der Waals surface area (Å²) in [6.07, 6.45) is 2.04. The average Bonchev–Trinajstić information content (AvgIpc) is 2.67. The molecule has 124 valence electrons. The second-order valence-electron chi connectivity index (χ2n) is 5.70. The molecule has 0 amide bonds. The molecule has 0 atom stereocenters. The number of thiocarbonyl (C=S) groups is 1. The van der Waals surface area contributed by atoms with Crippen molar-refractivity contribution in [2.24, 2.45) is 0 Å². The molecular weight excluding hydrogens is 316 g/mol. The SMILES string of the molecule is S=C(C(=CNCc1ccccc1)c1ccccc1)N1CCOCC1. The fourth-order valence-electron chi connectivity index (χ4n) is 2.69. The molecule has 2 aromatic carbocycles. The highest BCUT2D eigenvalue weighted by molar-refractivity contribution is 7.81. The van der Waals surface area contributed by atoms with Crippen LogP contribution in [0.4, 0.5) is 0 Å². The van der Waals surface area contributed by atoms with E-state index in [0.29, 0.717) is 0 Å². The summed E-state index contributed by atoms with van der Waals surface area (Å²) in [4.78, 5) is 3.10. The Hall–Kier alpha value is -2.17. The second kappa shape index (κ2) is 8.62.